The van der Waals surface area contributed by atoms with Gasteiger partial charge in [-0.25, -0.2) is 0 Å². The molecule has 0 aromatic rings. The second-order valence-corrected chi connectivity index (χ2v) is 9.49. The summed E-state index contributed by atoms with van der Waals surface area (Å²) < 4.78 is 0. The Kier molecular flexibility index (Phi) is 7.71. The molecule has 0 radical (unpaired) electrons. The maximum atomic E-state index is 6.49. The molecule has 1 saturated heterocycles. The van der Waals surface area contributed by atoms with Gasteiger partial charge in [0.1, 0.15) is 12.0 Å². The van der Waals surface area contributed by atoms with Crippen LogP contribution in [0.25, 0.3) is 0 Å². The lowest BCUT2D eigenvalue weighted by atomic mass is 9.97. The monoisotopic (exact) mass is 478 g/mol. The van der Waals surface area contributed by atoms with E-state index in [1.807, 2.05) is 24.3 Å². The first-order valence-corrected chi connectivity index (χ1v) is 12.1. The number of amidine groups is 1. The van der Waals surface area contributed by atoms with E-state index < -0.39 is 0 Å². The van der Waals surface area contributed by atoms with Crippen LogP contribution in [0.3, 0.4) is 0 Å². The number of hydrogen-bond acceptors (Lipinski definition) is 7. The van der Waals surface area contributed by atoms with Crippen molar-refractivity contribution in [2.45, 2.75) is 51.1 Å². The Morgan fingerprint density at radius 3 is 2.78 bits per heavy atom. The molecule has 0 aromatic heterocycles. The van der Waals surface area contributed by atoms with Gasteiger partial charge in [0.25, 0.3) is 0 Å². The zero-order chi connectivity index (χ0) is 22.5. The topological polar surface area (TPSA) is 101 Å². The van der Waals surface area contributed by atoms with Crippen LogP contribution in [0, 0.1) is 5.92 Å². The van der Waals surface area contributed by atoms with Gasteiger partial charge in [0.2, 0.25) is 5.88 Å². The average molecular weight is 479 g/mol. The highest BCUT2D eigenvalue weighted by Gasteiger charge is 2.30. The van der Waals surface area contributed by atoms with E-state index in [4.69, 9.17) is 39.5 Å². The lowest BCUT2D eigenvalue weighted by molar-refractivity contribution is 0.112. The fourth-order valence-electron chi connectivity index (χ4n) is 4.55. The molecule has 2 aliphatic carbocycles. The molecule has 7 nitrogen and oxygen atoms in total. The largest absolute Gasteiger partial charge is 0.394 e. The third-order valence-corrected chi connectivity index (χ3v) is 7.01. The number of aliphatic imine (C=N–C) groups is 1. The highest BCUT2D eigenvalue weighted by Crippen LogP contribution is 2.28. The number of nitrogens with two attached hydrogens (primary N) is 2. The first-order chi connectivity index (χ1) is 15.5. The second-order valence-electron chi connectivity index (χ2n) is 8.64. The molecule has 1 atom stereocenters. The average Bonchev–Trinajstić information content (AvgIpc) is 3.02. The van der Waals surface area contributed by atoms with E-state index in [1.54, 1.807) is 0 Å². The zero-order valence-electron chi connectivity index (χ0n) is 18.2. The van der Waals surface area contributed by atoms with Gasteiger partial charge in [0, 0.05) is 23.2 Å². The Bertz CT molecular complexity index is 896. The minimum absolute atomic E-state index is 0.0718. The van der Waals surface area contributed by atoms with E-state index in [0.29, 0.717) is 59.5 Å². The summed E-state index contributed by atoms with van der Waals surface area (Å²) in [5, 5.41) is 4.79. The van der Waals surface area contributed by atoms with Gasteiger partial charge in [-0.05, 0) is 42.9 Å². The van der Waals surface area contributed by atoms with Crippen molar-refractivity contribution < 1.29 is 4.84 Å². The summed E-state index contributed by atoms with van der Waals surface area (Å²) in [7, 11) is 0. The van der Waals surface area contributed by atoms with Crippen LogP contribution in [0.1, 0.15) is 44.9 Å². The molecule has 4 aliphatic rings. The van der Waals surface area contributed by atoms with E-state index in [2.05, 4.69) is 20.7 Å². The van der Waals surface area contributed by atoms with Crippen molar-refractivity contribution >= 4 is 29.0 Å². The van der Waals surface area contributed by atoms with Gasteiger partial charge in [0.05, 0.1) is 17.9 Å². The molecule has 0 aromatic carbocycles. The van der Waals surface area contributed by atoms with Crippen molar-refractivity contribution in [1.29, 1.82) is 0 Å². The fraction of sp³-hybridized carbons (Fsp3) is 0.522. The standard InChI is InChI=1S/C23H32Cl2N6O/c24-17-8-5-9-18(25)16(12-17)14-31-11-10-28-21(27)20(31)13-19(26)23-29-22(30-32-23)15-6-3-1-2-4-7-15/h8-9,12-13,15,22,29-30H,1-7,10-11,14,26H2,(H2,27,28). The first-order valence-electron chi connectivity index (χ1n) is 11.4. The minimum Gasteiger partial charge on any atom is -0.394 e. The number of halogens is 2. The smallest absolute Gasteiger partial charge is 0.236 e. The highest BCUT2D eigenvalue weighted by molar-refractivity contribution is 6.34. The number of hydroxylamine groups is 1. The molecule has 0 spiro atoms. The normalized spacial score (nSPS) is 28.0. The van der Waals surface area contributed by atoms with E-state index in [1.165, 1.54) is 38.5 Å². The molecule has 1 saturated carbocycles. The highest BCUT2D eigenvalue weighted by atomic mass is 35.5. The summed E-state index contributed by atoms with van der Waals surface area (Å²) in [4.78, 5) is 12.2. The molecule has 0 amide bonds. The Hall–Kier alpha value is -2.09. The molecule has 174 valence electrons. The Morgan fingerprint density at radius 2 is 2.00 bits per heavy atom. The van der Waals surface area contributed by atoms with E-state index in [0.717, 1.165) is 11.3 Å². The van der Waals surface area contributed by atoms with Gasteiger partial charge in [0.15, 0.2) is 0 Å². The molecule has 9 heteroatoms. The number of rotatable bonds is 4. The van der Waals surface area contributed by atoms with Crippen LogP contribution >= 0.6 is 23.2 Å². The predicted molar refractivity (Wildman–Crippen MR) is 130 cm³/mol. The summed E-state index contributed by atoms with van der Waals surface area (Å²) in [5.74, 6) is 1.51. The SMILES string of the molecule is NC1=NCCN(CC2=CC(Cl)=CCC=C2Cl)C1=CC(N)=C1NC(C2CCCCCC2)NO1. The Morgan fingerprint density at radius 1 is 1.22 bits per heavy atom. The van der Waals surface area contributed by atoms with Crippen molar-refractivity contribution in [1.82, 2.24) is 15.7 Å². The van der Waals surface area contributed by atoms with Crippen LogP contribution in [-0.4, -0.2) is 36.5 Å². The number of nitrogens with one attached hydrogen (secondary N) is 2. The summed E-state index contributed by atoms with van der Waals surface area (Å²) in [5.41, 5.74) is 18.0. The lowest BCUT2D eigenvalue weighted by Crippen LogP contribution is -2.39. The van der Waals surface area contributed by atoms with Crippen molar-refractivity contribution in [2.75, 3.05) is 19.6 Å². The Balaban J connectivity index is 1.51. The maximum absolute atomic E-state index is 6.49. The molecule has 1 unspecified atom stereocenters. The summed E-state index contributed by atoms with van der Waals surface area (Å²) in [6, 6.07) is 0. The van der Waals surface area contributed by atoms with Gasteiger partial charge in [-0.15, -0.1) is 5.48 Å². The van der Waals surface area contributed by atoms with E-state index >= 15 is 0 Å². The van der Waals surface area contributed by atoms with Crippen molar-refractivity contribution in [3.63, 3.8) is 0 Å². The van der Waals surface area contributed by atoms with E-state index in [9.17, 15) is 0 Å². The van der Waals surface area contributed by atoms with E-state index in [-0.39, 0.29) is 6.17 Å². The molecular formula is C23H32Cl2N6O. The number of allylic oxidation sites excluding steroid dienone is 5. The molecule has 0 bridgehead atoms. The first kappa shape index (κ1) is 23.1. The van der Waals surface area contributed by atoms with Gasteiger partial charge < -0.3 is 26.5 Å². The molecule has 2 heterocycles. The van der Waals surface area contributed by atoms with Crippen LogP contribution in [0.5, 0.6) is 0 Å². The van der Waals surface area contributed by atoms with Gasteiger partial charge in [-0.3, -0.25) is 4.99 Å². The number of hydrogen-bond donors (Lipinski definition) is 4. The minimum atomic E-state index is 0.0718. The molecule has 2 fully saturated rings. The quantitative estimate of drug-likeness (QED) is 0.459. The van der Waals surface area contributed by atoms with Crippen LogP contribution < -0.4 is 22.3 Å². The zero-order valence-corrected chi connectivity index (χ0v) is 19.8. The van der Waals surface area contributed by atoms with Crippen LogP contribution in [0.4, 0.5) is 0 Å². The molecule has 32 heavy (non-hydrogen) atoms. The predicted octanol–water partition coefficient (Wildman–Crippen LogP) is 3.67. The maximum Gasteiger partial charge on any atom is 0.236 e. The number of nitrogens with zero attached hydrogens (tertiary/aromatic N) is 2. The molecular weight excluding hydrogens is 447 g/mol. The summed E-state index contributed by atoms with van der Waals surface area (Å²) >= 11 is 12.8. The van der Waals surface area contributed by atoms with Crippen LogP contribution in [-0.2, 0) is 4.84 Å². The molecule has 2 aliphatic heterocycles. The van der Waals surface area contributed by atoms with Gasteiger partial charge >= 0.3 is 0 Å². The molecule has 4 rings (SSSR count). The lowest BCUT2D eigenvalue weighted by Gasteiger charge is -2.31. The summed E-state index contributed by atoms with van der Waals surface area (Å²) in [6.07, 6.45) is 15.9. The van der Waals surface area contributed by atoms with Crippen LogP contribution in [0.2, 0.25) is 0 Å². The summed E-state index contributed by atoms with van der Waals surface area (Å²) in [6.45, 7) is 1.87. The Labute approximate surface area is 199 Å². The van der Waals surface area contributed by atoms with Crippen LogP contribution in [0.15, 0.2) is 62.2 Å². The van der Waals surface area contributed by atoms with Crippen molar-refractivity contribution in [3.05, 3.63) is 57.2 Å². The third-order valence-electron chi connectivity index (χ3n) is 6.35. The van der Waals surface area contributed by atoms with Gasteiger partial charge in [-0.2, -0.15) is 0 Å². The van der Waals surface area contributed by atoms with Crippen molar-refractivity contribution in [3.8, 4) is 0 Å². The third kappa shape index (κ3) is 5.63. The molecule has 6 N–H and O–H groups in total. The second kappa shape index (κ2) is 10.7. The van der Waals surface area contributed by atoms with Crippen molar-refractivity contribution in [2.24, 2.45) is 22.4 Å². The van der Waals surface area contributed by atoms with Gasteiger partial charge in [-0.1, -0.05) is 61.0 Å². The fourth-order valence-corrected chi connectivity index (χ4v) is 4.97.